The first-order chi connectivity index (χ1) is 13.7. The topological polar surface area (TPSA) is 47.9 Å². The smallest absolute Gasteiger partial charge is 0.178 e. The molecule has 2 heterocycles. The molecule has 0 unspecified atom stereocenters. The molecule has 3 rings (SSSR count). The average Bonchev–Trinajstić information content (AvgIpc) is 2.72. The van der Waals surface area contributed by atoms with E-state index in [1.807, 2.05) is 49.4 Å². The van der Waals surface area contributed by atoms with Gasteiger partial charge in [-0.15, -0.1) is 0 Å². The highest BCUT2D eigenvalue weighted by Gasteiger charge is 2.07. The number of rotatable bonds is 5. The minimum absolute atomic E-state index is 0.339. The predicted molar refractivity (Wildman–Crippen MR) is 112 cm³/mol. The zero-order valence-electron chi connectivity index (χ0n) is 15.9. The lowest BCUT2D eigenvalue weighted by Crippen LogP contribution is -2.28. The lowest BCUT2D eigenvalue weighted by molar-refractivity contribution is 0.150. The van der Waals surface area contributed by atoms with Gasteiger partial charge >= 0.3 is 0 Å². The molecule has 0 saturated carbocycles. The molecule has 1 aromatic carbocycles. The quantitative estimate of drug-likeness (QED) is 0.514. The predicted octanol–water partition coefficient (Wildman–Crippen LogP) is 2.79. The fourth-order valence-corrected chi connectivity index (χ4v) is 2.50. The Morgan fingerprint density at radius 3 is 2.71 bits per heavy atom. The molecule has 138 valence electrons. The maximum Gasteiger partial charge on any atom is 0.178 e. The van der Waals surface area contributed by atoms with Crippen molar-refractivity contribution in [2.24, 2.45) is 0 Å². The van der Waals surface area contributed by atoms with Crippen molar-refractivity contribution in [1.82, 2.24) is 15.0 Å². The van der Waals surface area contributed by atoms with Gasteiger partial charge in [0.2, 0.25) is 0 Å². The van der Waals surface area contributed by atoms with Crippen LogP contribution in [-0.2, 0) is 11.3 Å². The van der Waals surface area contributed by atoms with E-state index in [1.165, 1.54) is 0 Å². The summed E-state index contributed by atoms with van der Waals surface area (Å²) in [6.07, 6.45) is 5.17. The highest BCUT2D eigenvalue weighted by molar-refractivity contribution is 5.50. The van der Waals surface area contributed by atoms with E-state index >= 15 is 0 Å². The molecule has 0 N–H and O–H groups in total. The summed E-state index contributed by atoms with van der Waals surface area (Å²) in [5.41, 5.74) is 3.56. The van der Waals surface area contributed by atoms with E-state index in [1.54, 1.807) is 18.3 Å². The molecule has 0 atom stereocenters. The number of aromatic nitrogens is 3. The van der Waals surface area contributed by atoms with Crippen molar-refractivity contribution in [3.8, 4) is 23.4 Å². The van der Waals surface area contributed by atoms with Gasteiger partial charge in [-0.3, -0.25) is 0 Å². The third kappa shape index (κ3) is 5.00. The molecule has 3 aromatic rings. The minimum atomic E-state index is 0.339. The van der Waals surface area contributed by atoms with Crippen LogP contribution in [0, 0.1) is 18.8 Å². The van der Waals surface area contributed by atoms with E-state index in [9.17, 15) is 0 Å². The second-order valence-electron chi connectivity index (χ2n) is 6.13. The van der Waals surface area contributed by atoms with E-state index in [2.05, 4.69) is 40.0 Å². The summed E-state index contributed by atoms with van der Waals surface area (Å²) in [6, 6.07) is 13.7. The number of aryl methyl sites for hydroxylation is 1. The summed E-state index contributed by atoms with van der Waals surface area (Å²) in [4.78, 5) is 13.5. The number of benzene rings is 1. The first kappa shape index (κ1) is 19.2. The van der Waals surface area contributed by atoms with Gasteiger partial charge in [0, 0.05) is 17.0 Å². The number of pyridine rings is 1. The van der Waals surface area contributed by atoms with Crippen LogP contribution in [0.1, 0.15) is 16.8 Å². The van der Waals surface area contributed by atoms with Crippen molar-refractivity contribution >= 4 is 12.7 Å². The van der Waals surface area contributed by atoms with Gasteiger partial charge in [-0.1, -0.05) is 55.3 Å². The van der Waals surface area contributed by atoms with Gasteiger partial charge < -0.3 is 4.74 Å². The maximum atomic E-state index is 5.69. The second-order valence-corrected chi connectivity index (χ2v) is 6.13. The Kier molecular flexibility index (Phi) is 6.46. The van der Waals surface area contributed by atoms with Crippen molar-refractivity contribution in [3.05, 3.63) is 88.7 Å². The van der Waals surface area contributed by atoms with E-state index in [4.69, 9.17) is 4.74 Å². The molecule has 4 nitrogen and oxygen atoms in total. The molecule has 2 aromatic heterocycles. The zero-order chi connectivity index (χ0) is 19.8. The number of hydrogen-bond acceptors (Lipinski definition) is 4. The number of allylic oxidation sites excluding steroid dienone is 1. The molecule has 0 bridgehead atoms. The molecule has 0 fully saturated rings. The molecule has 0 saturated heterocycles. The largest absolute Gasteiger partial charge is 0.362 e. The summed E-state index contributed by atoms with van der Waals surface area (Å²) in [7, 11) is 0. The first-order valence-electron chi connectivity index (χ1n) is 8.90. The van der Waals surface area contributed by atoms with Crippen LogP contribution in [0.2, 0.25) is 0 Å². The number of nitrogens with zero attached hydrogens (tertiary/aromatic N) is 3. The molecule has 0 aliphatic heterocycles. The van der Waals surface area contributed by atoms with Gasteiger partial charge in [0.25, 0.3) is 0 Å². The summed E-state index contributed by atoms with van der Waals surface area (Å²) in [6.45, 7) is 10.4. The van der Waals surface area contributed by atoms with Crippen LogP contribution < -0.4 is 10.6 Å². The van der Waals surface area contributed by atoms with Crippen molar-refractivity contribution in [3.63, 3.8) is 0 Å². The normalized spacial score (nSPS) is 11.0. The summed E-state index contributed by atoms with van der Waals surface area (Å²) in [5, 5.41) is 1.48. The third-order valence-corrected chi connectivity index (χ3v) is 4.02. The van der Waals surface area contributed by atoms with Crippen LogP contribution in [0.15, 0.2) is 61.3 Å². The van der Waals surface area contributed by atoms with Crippen LogP contribution in [0.5, 0.6) is 0 Å². The molecular weight excluding hydrogens is 346 g/mol. The highest BCUT2D eigenvalue weighted by atomic mass is 16.5. The Bertz CT molecular complexity index is 1140. The monoisotopic (exact) mass is 367 g/mol. The molecule has 0 radical (unpaired) electrons. The van der Waals surface area contributed by atoms with E-state index in [0.717, 1.165) is 27.4 Å². The Balaban J connectivity index is 1.73. The second kappa shape index (κ2) is 9.40. The van der Waals surface area contributed by atoms with Crippen LogP contribution in [0.3, 0.4) is 0 Å². The first-order valence-corrected chi connectivity index (χ1v) is 8.90. The standard InChI is InChI=1S/C24H21N3O/c1-4-9-21-19(3)16-25-24(27-21)22-14-13-18(2)23(26-22)17-28-15-8-12-20-10-6-5-7-11-20/h4-7,9-11,13-14,16H,1,3,15,17H2,2H3/b21-9+. The Morgan fingerprint density at radius 1 is 1.11 bits per heavy atom. The van der Waals surface area contributed by atoms with E-state index in [0.29, 0.717) is 24.7 Å². The fourth-order valence-electron chi connectivity index (χ4n) is 2.50. The van der Waals surface area contributed by atoms with E-state index in [-0.39, 0.29) is 0 Å². The Hall–Kier alpha value is -3.55. The van der Waals surface area contributed by atoms with Crippen LogP contribution in [-0.4, -0.2) is 21.6 Å². The van der Waals surface area contributed by atoms with Crippen molar-refractivity contribution < 1.29 is 4.74 Å². The summed E-state index contributed by atoms with van der Waals surface area (Å²) < 4.78 is 5.69. The van der Waals surface area contributed by atoms with Gasteiger partial charge in [-0.05, 0) is 36.8 Å². The lowest BCUT2D eigenvalue weighted by Gasteiger charge is -2.07. The lowest BCUT2D eigenvalue weighted by atomic mass is 10.2. The van der Waals surface area contributed by atoms with Gasteiger partial charge in [-0.25, -0.2) is 15.0 Å². The molecule has 0 spiro atoms. The summed E-state index contributed by atoms with van der Waals surface area (Å²) >= 11 is 0. The van der Waals surface area contributed by atoms with Crippen LogP contribution in [0.4, 0.5) is 0 Å². The van der Waals surface area contributed by atoms with E-state index < -0.39 is 0 Å². The molecule has 0 aliphatic rings. The summed E-state index contributed by atoms with van der Waals surface area (Å²) in [5.74, 6) is 6.64. The van der Waals surface area contributed by atoms with Gasteiger partial charge in [0.1, 0.15) is 12.3 Å². The molecule has 0 aliphatic carbocycles. The van der Waals surface area contributed by atoms with Gasteiger partial charge in [0.15, 0.2) is 5.82 Å². The maximum absolute atomic E-state index is 5.69. The molecule has 28 heavy (non-hydrogen) atoms. The van der Waals surface area contributed by atoms with Crippen LogP contribution >= 0.6 is 0 Å². The number of ether oxygens (including phenoxy) is 1. The van der Waals surface area contributed by atoms with Gasteiger partial charge in [-0.2, -0.15) is 0 Å². The van der Waals surface area contributed by atoms with Gasteiger partial charge in [0.05, 0.1) is 17.6 Å². The molecule has 4 heteroatoms. The minimum Gasteiger partial charge on any atom is -0.362 e. The molecular formula is C24H21N3O. The average molecular weight is 367 g/mol. The fraction of sp³-hybridized carbons (Fsp3) is 0.125. The SMILES string of the molecule is C=C/C=c1/nc(-c2ccc(C)c(COCC#Cc3ccccc3)n2)ncc1=C. The number of hydrogen-bond donors (Lipinski definition) is 0. The Morgan fingerprint density at radius 2 is 1.93 bits per heavy atom. The Labute approximate surface area is 165 Å². The van der Waals surface area contributed by atoms with Crippen molar-refractivity contribution in [2.45, 2.75) is 13.5 Å². The van der Waals surface area contributed by atoms with Crippen molar-refractivity contribution in [2.75, 3.05) is 6.61 Å². The van der Waals surface area contributed by atoms with Crippen LogP contribution in [0.25, 0.3) is 24.2 Å². The zero-order valence-corrected chi connectivity index (χ0v) is 15.9. The molecule has 0 amide bonds. The third-order valence-electron chi connectivity index (χ3n) is 4.02. The highest BCUT2D eigenvalue weighted by Crippen LogP contribution is 2.14. The van der Waals surface area contributed by atoms with Crippen molar-refractivity contribution in [1.29, 1.82) is 0 Å².